The van der Waals surface area contributed by atoms with E-state index >= 15 is 0 Å². The molecular formula is C15H21N3O3S2. The van der Waals surface area contributed by atoms with Gasteiger partial charge in [0.1, 0.15) is 4.70 Å². The van der Waals surface area contributed by atoms with E-state index in [2.05, 4.69) is 10.3 Å². The van der Waals surface area contributed by atoms with Gasteiger partial charge in [0.15, 0.2) is 5.16 Å². The van der Waals surface area contributed by atoms with Crippen LogP contribution in [0.5, 0.6) is 0 Å². The Bertz CT molecular complexity index is 726. The van der Waals surface area contributed by atoms with Crippen LogP contribution in [0.25, 0.3) is 10.2 Å². The van der Waals surface area contributed by atoms with Crippen LogP contribution in [-0.2, 0) is 16.1 Å². The molecule has 2 aromatic heterocycles. The molecule has 2 heterocycles. The number of carbonyl (C=O) groups is 1. The molecule has 0 saturated heterocycles. The zero-order valence-corrected chi connectivity index (χ0v) is 15.1. The van der Waals surface area contributed by atoms with Crippen LogP contribution in [0.2, 0.25) is 0 Å². The van der Waals surface area contributed by atoms with Gasteiger partial charge in [-0.25, -0.2) is 4.98 Å². The van der Waals surface area contributed by atoms with E-state index in [0.29, 0.717) is 28.5 Å². The maximum absolute atomic E-state index is 12.5. The van der Waals surface area contributed by atoms with Gasteiger partial charge < -0.3 is 10.1 Å². The summed E-state index contributed by atoms with van der Waals surface area (Å²) in [5.41, 5.74) is 0.602. The molecular weight excluding hydrogens is 334 g/mol. The van der Waals surface area contributed by atoms with Crippen LogP contribution in [0.1, 0.15) is 20.3 Å². The van der Waals surface area contributed by atoms with Crippen LogP contribution < -0.4 is 10.9 Å². The van der Waals surface area contributed by atoms with Crippen molar-refractivity contribution in [2.24, 2.45) is 0 Å². The van der Waals surface area contributed by atoms with Crippen LogP contribution in [0.4, 0.5) is 0 Å². The van der Waals surface area contributed by atoms with E-state index in [1.54, 1.807) is 11.7 Å². The Labute approximate surface area is 143 Å². The summed E-state index contributed by atoms with van der Waals surface area (Å²) in [4.78, 5) is 29.0. The van der Waals surface area contributed by atoms with E-state index in [0.717, 1.165) is 6.42 Å². The van der Waals surface area contributed by atoms with E-state index in [-0.39, 0.29) is 23.3 Å². The molecule has 23 heavy (non-hydrogen) atoms. The summed E-state index contributed by atoms with van der Waals surface area (Å²) in [5.74, 6) is 0.182. The second-order valence-corrected chi connectivity index (χ2v) is 7.00. The zero-order valence-electron chi connectivity index (χ0n) is 13.5. The lowest BCUT2D eigenvalue weighted by molar-refractivity contribution is -0.119. The summed E-state index contributed by atoms with van der Waals surface area (Å²) in [7, 11) is 1.59. The molecule has 0 saturated carbocycles. The molecule has 2 rings (SSSR count). The van der Waals surface area contributed by atoms with Crippen molar-refractivity contribution in [2.75, 3.05) is 19.5 Å². The molecule has 0 radical (unpaired) electrons. The number of hydrogen-bond acceptors (Lipinski definition) is 6. The summed E-state index contributed by atoms with van der Waals surface area (Å²) < 4.78 is 7.29. The van der Waals surface area contributed by atoms with E-state index in [4.69, 9.17) is 4.74 Å². The van der Waals surface area contributed by atoms with Gasteiger partial charge in [-0.2, -0.15) is 0 Å². The number of methoxy groups -OCH3 is 1. The Morgan fingerprint density at radius 3 is 3.04 bits per heavy atom. The highest BCUT2D eigenvalue weighted by Gasteiger charge is 2.14. The summed E-state index contributed by atoms with van der Waals surface area (Å²) >= 11 is 2.66. The predicted octanol–water partition coefficient (Wildman–Crippen LogP) is 2.11. The number of aromatic nitrogens is 2. The molecule has 6 nitrogen and oxygen atoms in total. The van der Waals surface area contributed by atoms with Crippen molar-refractivity contribution in [1.29, 1.82) is 0 Å². The fourth-order valence-corrected chi connectivity index (χ4v) is 3.58. The number of ether oxygens (including phenoxy) is 1. The lowest BCUT2D eigenvalue weighted by Gasteiger charge is -2.13. The van der Waals surface area contributed by atoms with Crippen molar-refractivity contribution in [3.05, 3.63) is 21.8 Å². The smallest absolute Gasteiger partial charge is 0.272 e. The van der Waals surface area contributed by atoms with Gasteiger partial charge in [0.25, 0.3) is 5.56 Å². The van der Waals surface area contributed by atoms with Gasteiger partial charge in [0, 0.05) is 13.2 Å². The molecule has 8 heteroatoms. The van der Waals surface area contributed by atoms with Crippen molar-refractivity contribution in [3.8, 4) is 0 Å². The number of amides is 1. The van der Waals surface area contributed by atoms with Crippen LogP contribution in [0.3, 0.4) is 0 Å². The third-order valence-electron chi connectivity index (χ3n) is 3.40. The highest BCUT2D eigenvalue weighted by atomic mass is 32.2. The monoisotopic (exact) mass is 355 g/mol. The highest BCUT2D eigenvalue weighted by Crippen LogP contribution is 2.20. The Balaban J connectivity index is 2.20. The minimum atomic E-state index is -0.0770. The average molecular weight is 355 g/mol. The molecule has 0 bridgehead atoms. The zero-order chi connectivity index (χ0) is 16.8. The fourth-order valence-electron chi connectivity index (χ4n) is 1.96. The van der Waals surface area contributed by atoms with Gasteiger partial charge in [-0.05, 0) is 24.8 Å². The maximum Gasteiger partial charge on any atom is 0.272 e. The van der Waals surface area contributed by atoms with Crippen LogP contribution >= 0.6 is 23.1 Å². The van der Waals surface area contributed by atoms with Gasteiger partial charge in [-0.15, -0.1) is 11.3 Å². The highest BCUT2D eigenvalue weighted by molar-refractivity contribution is 7.99. The molecule has 126 valence electrons. The number of thioether (sulfide) groups is 1. The molecule has 0 aromatic carbocycles. The summed E-state index contributed by atoms with van der Waals surface area (Å²) in [6.07, 6.45) is 0.883. The number of hydrogen-bond donors (Lipinski definition) is 1. The number of nitrogens with one attached hydrogen (secondary N) is 1. The van der Waals surface area contributed by atoms with Gasteiger partial charge in [-0.1, -0.05) is 18.7 Å². The molecule has 0 fully saturated rings. The second kappa shape index (κ2) is 8.47. The van der Waals surface area contributed by atoms with E-state index < -0.39 is 0 Å². The third kappa shape index (κ3) is 4.55. The Morgan fingerprint density at radius 1 is 1.57 bits per heavy atom. The van der Waals surface area contributed by atoms with E-state index in [9.17, 15) is 9.59 Å². The van der Waals surface area contributed by atoms with E-state index in [1.807, 2.05) is 25.3 Å². The van der Waals surface area contributed by atoms with Crippen LogP contribution in [0.15, 0.2) is 21.4 Å². The summed E-state index contributed by atoms with van der Waals surface area (Å²) in [6, 6.07) is 1.97. The van der Waals surface area contributed by atoms with Gasteiger partial charge in [0.05, 0.1) is 24.4 Å². The van der Waals surface area contributed by atoms with Gasteiger partial charge >= 0.3 is 0 Å². The summed E-state index contributed by atoms with van der Waals surface area (Å²) in [6.45, 7) is 4.83. The van der Waals surface area contributed by atoms with Crippen LogP contribution in [-0.4, -0.2) is 41.0 Å². The predicted molar refractivity (Wildman–Crippen MR) is 94.4 cm³/mol. The van der Waals surface area contributed by atoms with Crippen molar-refractivity contribution < 1.29 is 9.53 Å². The maximum atomic E-state index is 12.5. The normalized spacial score (nSPS) is 12.5. The van der Waals surface area contributed by atoms with Crippen molar-refractivity contribution in [1.82, 2.24) is 14.9 Å². The molecule has 2 aromatic rings. The van der Waals surface area contributed by atoms with Crippen molar-refractivity contribution >= 4 is 39.2 Å². The lowest BCUT2D eigenvalue weighted by Crippen LogP contribution is -2.33. The third-order valence-corrected chi connectivity index (χ3v) is 5.27. The molecule has 0 aliphatic heterocycles. The van der Waals surface area contributed by atoms with Crippen molar-refractivity contribution in [3.63, 3.8) is 0 Å². The first-order valence-corrected chi connectivity index (χ1v) is 9.32. The minimum Gasteiger partial charge on any atom is -0.383 e. The molecule has 1 atom stereocenters. The van der Waals surface area contributed by atoms with E-state index in [1.165, 1.54) is 23.1 Å². The molecule has 0 aliphatic carbocycles. The average Bonchev–Trinajstić information content (AvgIpc) is 3.00. The second-order valence-electron chi connectivity index (χ2n) is 5.14. The minimum absolute atomic E-state index is 0.0534. The molecule has 0 unspecified atom stereocenters. The first-order chi connectivity index (χ1) is 11.1. The first-order valence-electron chi connectivity index (χ1n) is 7.46. The quantitative estimate of drug-likeness (QED) is 0.580. The standard InChI is InChI=1S/C15H21N3O3S2/c1-4-10(2)16-12(19)9-23-15-17-11-5-8-22-13(11)14(20)18(15)6-7-21-3/h5,8,10H,4,6-7,9H2,1-3H3,(H,16,19)/t10-/m0/s1. The topological polar surface area (TPSA) is 73.2 Å². The number of carbonyl (C=O) groups excluding carboxylic acids is 1. The molecule has 0 spiro atoms. The van der Waals surface area contributed by atoms with Crippen molar-refractivity contribution in [2.45, 2.75) is 38.0 Å². The molecule has 1 amide bonds. The lowest BCUT2D eigenvalue weighted by atomic mass is 10.3. The number of fused-ring (bicyclic) bond motifs is 1. The fraction of sp³-hybridized carbons (Fsp3) is 0.533. The summed E-state index contributed by atoms with van der Waals surface area (Å²) in [5, 5.41) is 5.32. The Hall–Kier alpha value is -1.38. The Kier molecular flexibility index (Phi) is 6.61. The number of rotatable bonds is 8. The first kappa shape index (κ1) is 18.0. The molecule has 1 N–H and O–H groups in total. The van der Waals surface area contributed by atoms with Gasteiger partial charge in [-0.3, -0.25) is 14.2 Å². The molecule has 0 aliphatic rings. The largest absolute Gasteiger partial charge is 0.383 e. The van der Waals surface area contributed by atoms with Crippen LogP contribution in [0, 0.1) is 0 Å². The van der Waals surface area contributed by atoms with Gasteiger partial charge in [0.2, 0.25) is 5.91 Å². The number of nitrogens with zero attached hydrogens (tertiary/aromatic N) is 2. The number of thiophene rings is 1. The Morgan fingerprint density at radius 2 is 2.35 bits per heavy atom. The SMILES string of the molecule is CC[C@H](C)NC(=O)CSc1nc2ccsc2c(=O)n1CCOC.